The van der Waals surface area contributed by atoms with Crippen molar-refractivity contribution in [3.63, 3.8) is 0 Å². The van der Waals surface area contributed by atoms with E-state index < -0.39 is 26.7 Å². The summed E-state index contributed by atoms with van der Waals surface area (Å²) in [6.45, 7) is -0.00682. The van der Waals surface area contributed by atoms with Crippen molar-refractivity contribution in [2.45, 2.75) is 11.4 Å². The number of carboxylic acids is 1. The maximum atomic E-state index is 13.7. The first-order chi connectivity index (χ1) is 9.40. The minimum Gasteiger partial charge on any atom is -0.478 e. The van der Waals surface area contributed by atoms with E-state index in [4.69, 9.17) is 5.11 Å². The van der Waals surface area contributed by atoms with Crippen LogP contribution in [0.25, 0.3) is 0 Å². The van der Waals surface area contributed by atoms with Gasteiger partial charge in [0.2, 0.25) is 10.0 Å². The monoisotopic (exact) mass is 316 g/mol. The summed E-state index contributed by atoms with van der Waals surface area (Å²) in [7, 11) is -4.05. The van der Waals surface area contributed by atoms with Gasteiger partial charge in [-0.05, 0) is 18.2 Å². The standard InChI is InChI=1S/C11H9FN2O4S2/c12-9-3-7(11(15)16)1-2-10(9)20(17,18)14-5-8-4-13-6-19-8/h1-4,6,14H,5H2,(H,15,16). The predicted molar refractivity (Wildman–Crippen MR) is 69.5 cm³/mol. The zero-order valence-corrected chi connectivity index (χ0v) is 11.5. The fraction of sp³-hybridized carbons (Fsp3) is 0.0909. The van der Waals surface area contributed by atoms with Crippen LogP contribution in [0.2, 0.25) is 0 Å². The highest BCUT2D eigenvalue weighted by Gasteiger charge is 2.20. The molecule has 1 aromatic heterocycles. The number of hydrogen-bond acceptors (Lipinski definition) is 5. The normalized spacial score (nSPS) is 11.4. The van der Waals surface area contributed by atoms with Gasteiger partial charge in [0.05, 0.1) is 11.1 Å². The number of aromatic carboxylic acids is 1. The van der Waals surface area contributed by atoms with Crippen molar-refractivity contribution < 1.29 is 22.7 Å². The molecule has 9 heteroatoms. The second-order valence-corrected chi connectivity index (χ2v) is 6.45. The molecule has 1 heterocycles. The van der Waals surface area contributed by atoms with E-state index in [1.165, 1.54) is 17.5 Å². The topological polar surface area (TPSA) is 96.4 Å². The van der Waals surface area contributed by atoms with Gasteiger partial charge < -0.3 is 5.11 Å². The van der Waals surface area contributed by atoms with E-state index in [1.54, 1.807) is 5.51 Å². The Morgan fingerprint density at radius 3 is 2.75 bits per heavy atom. The number of carboxylic acid groups (broad SMARTS) is 1. The van der Waals surface area contributed by atoms with Crippen LogP contribution in [0.5, 0.6) is 0 Å². The number of carbonyl (C=O) groups is 1. The number of halogens is 1. The fourth-order valence-electron chi connectivity index (χ4n) is 1.43. The van der Waals surface area contributed by atoms with Crippen molar-refractivity contribution in [2.75, 3.05) is 0 Å². The van der Waals surface area contributed by atoms with Gasteiger partial charge >= 0.3 is 5.97 Å². The molecule has 1 aromatic carbocycles. The Morgan fingerprint density at radius 1 is 1.45 bits per heavy atom. The van der Waals surface area contributed by atoms with E-state index in [0.717, 1.165) is 12.1 Å². The van der Waals surface area contributed by atoms with Crippen LogP contribution in [0.3, 0.4) is 0 Å². The van der Waals surface area contributed by atoms with Crippen LogP contribution in [0, 0.1) is 5.82 Å². The molecule has 0 aliphatic heterocycles. The molecule has 0 spiro atoms. The van der Waals surface area contributed by atoms with E-state index in [9.17, 15) is 17.6 Å². The Kier molecular flexibility index (Phi) is 4.12. The predicted octanol–water partition coefficient (Wildman–Crippen LogP) is 1.46. The highest BCUT2D eigenvalue weighted by Crippen LogP contribution is 2.17. The van der Waals surface area contributed by atoms with Crippen molar-refractivity contribution in [1.29, 1.82) is 0 Å². The quantitative estimate of drug-likeness (QED) is 0.870. The van der Waals surface area contributed by atoms with Gasteiger partial charge in [-0.25, -0.2) is 22.3 Å². The molecule has 0 fully saturated rings. The first kappa shape index (κ1) is 14.6. The Labute approximate surface area is 118 Å². The number of nitrogens with one attached hydrogen (secondary N) is 1. The fourth-order valence-corrected chi connectivity index (χ4v) is 3.11. The summed E-state index contributed by atoms with van der Waals surface area (Å²) in [5.74, 6) is -2.44. The van der Waals surface area contributed by atoms with Crippen LogP contribution < -0.4 is 4.72 Å². The van der Waals surface area contributed by atoms with Crippen molar-refractivity contribution in [2.24, 2.45) is 0 Å². The Hall–Kier alpha value is -1.84. The zero-order chi connectivity index (χ0) is 14.8. The van der Waals surface area contributed by atoms with Gasteiger partial charge in [0, 0.05) is 17.6 Å². The largest absolute Gasteiger partial charge is 0.478 e. The molecule has 6 nitrogen and oxygen atoms in total. The highest BCUT2D eigenvalue weighted by molar-refractivity contribution is 7.89. The zero-order valence-electron chi connectivity index (χ0n) is 9.91. The Morgan fingerprint density at radius 2 is 2.20 bits per heavy atom. The third-order valence-electron chi connectivity index (χ3n) is 2.39. The highest BCUT2D eigenvalue weighted by atomic mass is 32.2. The number of hydrogen-bond donors (Lipinski definition) is 2. The van der Waals surface area contributed by atoms with Crippen LogP contribution in [0.15, 0.2) is 34.8 Å². The van der Waals surface area contributed by atoms with E-state index in [-0.39, 0.29) is 12.1 Å². The maximum Gasteiger partial charge on any atom is 0.335 e. The average molecular weight is 316 g/mol. The van der Waals surface area contributed by atoms with Gasteiger partial charge in [-0.15, -0.1) is 11.3 Å². The summed E-state index contributed by atoms with van der Waals surface area (Å²) in [5.41, 5.74) is 1.23. The number of rotatable bonds is 5. The van der Waals surface area contributed by atoms with Crippen molar-refractivity contribution in [1.82, 2.24) is 9.71 Å². The summed E-state index contributed by atoms with van der Waals surface area (Å²) in [4.78, 5) is 14.5. The van der Waals surface area contributed by atoms with E-state index in [0.29, 0.717) is 10.9 Å². The molecule has 0 saturated heterocycles. The number of aromatic nitrogens is 1. The maximum absolute atomic E-state index is 13.7. The number of nitrogens with zero attached hydrogens (tertiary/aromatic N) is 1. The molecule has 2 aromatic rings. The van der Waals surface area contributed by atoms with Gasteiger partial charge in [0.15, 0.2) is 0 Å². The van der Waals surface area contributed by atoms with Crippen molar-refractivity contribution >= 4 is 27.3 Å². The Balaban J connectivity index is 2.23. The van der Waals surface area contributed by atoms with Crippen LogP contribution in [0.4, 0.5) is 4.39 Å². The molecule has 0 atom stereocenters. The van der Waals surface area contributed by atoms with Crippen LogP contribution >= 0.6 is 11.3 Å². The minimum atomic E-state index is -4.05. The number of sulfonamides is 1. The molecule has 0 saturated carbocycles. The number of benzene rings is 1. The molecule has 2 rings (SSSR count). The third kappa shape index (κ3) is 3.18. The van der Waals surface area contributed by atoms with E-state index in [2.05, 4.69) is 9.71 Å². The molecular weight excluding hydrogens is 307 g/mol. The van der Waals surface area contributed by atoms with E-state index in [1.807, 2.05) is 0 Å². The van der Waals surface area contributed by atoms with Gasteiger partial charge in [-0.1, -0.05) is 0 Å². The van der Waals surface area contributed by atoms with Gasteiger partial charge in [0.1, 0.15) is 10.7 Å². The smallest absolute Gasteiger partial charge is 0.335 e. The molecule has 0 radical (unpaired) electrons. The molecular formula is C11H9FN2O4S2. The molecule has 2 N–H and O–H groups in total. The second-order valence-electron chi connectivity index (χ2n) is 3.74. The molecule has 106 valence electrons. The summed E-state index contributed by atoms with van der Waals surface area (Å²) in [5, 5.41) is 8.69. The first-order valence-corrected chi connectivity index (χ1v) is 7.66. The number of thiazole rings is 1. The molecule has 20 heavy (non-hydrogen) atoms. The Bertz CT molecular complexity index is 729. The van der Waals surface area contributed by atoms with Crippen LogP contribution in [-0.2, 0) is 16.6 Å². The van der Waals surface area contributed by atoms with E-state index >= 15 is 0 Å². The first-order valence-electron chi connectivity index (χ1n) is 5.30. The summed E-state index contributed by atoms with van der Waals surface area (Å²) in [6.07, 6.45) is 1.50. The minimum absolute atomic E-state index is 0.00682. The van der Waals surface area contributed by atoms with Crippen LogP contribution in [0.1, 0.15) is 15.2 Å². The van der Waals surface area contributed by atoms with Gasteiger partial charge in [0.25, 0.3) is 0 Å². The van der Waals surface area contributed by atoms with Gasteiger partial charge in [-0.2, -0.15) is 0 Å². The average Bonchev–Trinajstić information content (AvgIpc) is 2.89. The SMILES string of the molecule is O=C(O)c1ccc(S(=O)(=O)NCc2cncs2)c(F)c1. The molecule has 0 unspecified atom stereocenters. The van der Waals surface area contributed by atoms with Crippen molar-refractivity contribution in [3.8, 4) is 0 Å². The molecule has 0 bridgehead atoms. The summed E-state index contributed by atoms with van der Waals surface area (Å²) < 4.78 is 39.7. The van der Waals surface area contributed by atoms with Crippen LogP contribution in [-0.4, -0.2) is 24.5 Å². The lowest BCUT2D eigenvalue weighted by molar-refractivity contribution is 0.0696. The lowest BCUT2D eigenvalue weighted by Crippen LogP contribution is -2.24. The lowest BCUT2D eigenvalue weighted by Gasteiger charge is -2.07. The molecule has 0 aliphatic rings. The van der Waals surface area contributed by atoms with Gasteiger partial charge in [-0.3, -0.25) is 4.98 Å². The third-order valence-corrected chi connectivity index (χ3v) is 4.60. The summed E-state index contributed by atoms with van der Waals surface area (Å²) in [6, 6.07) is 2.63. The molecule has 0 aliphatic carbocycles. The second kappa shape index (κ2) is 5.65. The summed E-state index contributed by atoms with van der Waals surface area (Å²) >= 11 is 1.26. The lowest BCUT2D eigenvalue weighted by atomic mass is 10.2. The molecule has 0 amide bonds. The van der Waals surface area contributed by atoms with Crippen molar-refractivity contribution in [3.05, 3.63) is 46.2 Å².